The summed E-state index contributed by atoms with van der Waals surface area (Å²) < 4.78 is 43.3. The third-order valence-corrected chi connectivity index (χ3v) is 9.93. The minimum Gasteiger partial charge on any atom is -0.511 e. The standard InChI is InChI=1S/C47H35N5O2.CH4.Pt/c1-47(2,3)31-24-25-48-46(26-31)52-36-17-6-5-16-34(36)35-28-45-41(29-40(35)52)51(39-20-9-10-21-42(39)53-43-22-11-12-23-44(43)54-45)33-15-13-14-32(27-33)50-30-49(4)37-18-7-8-19-38(37)50;;/h5-26,28H,1-4H3;1H4;/q-2;;/i4D3;;. The monoisotopic (exact) mass is 915 g/mol. The quantitative estimate of drug-likeness (QED) is 0.131. The molecule has 280 valence electrons. The van der Waals surface area contributed by atoms with Crippen LogP contribution in [0.1, 0.15) is 37.9 Å². The molecular formula is C48H39N5O2Pt-2. The molecule has 0 N–H and O–H groups in total. The van der Waals surface area contributed by atoms with Gasteiger partial charge in [-0.2, -0.15) is 18.2 Å². The molecule has 0 amide bonds. The Bertz CT molecular complexity index is 3040. The minimum absolute atomic E-state index is 0. The van der Waals surface area contributed by atoms with Gasteiger partial charge in [-0.25, -0.2) is 4.98 Å². The Morgan fingerprint density at radius 3 is 2.14 bits per heavy atom. The number of nitrogens with zero attached hydrogens (tertiary/aromatic N) is 5. The fourth-order valence-corrected chi connectivity index (χ4v) is 7.29. The number of ether oxygens (including phenoxy) is 2. The van der Waals surface area contributed by atoms with Crippen LogP contribution < -0.4 is 18.9 Å². The zero-order chi connectivity index (χ0) is 39.1. The first-order valence-electron chi connectivity index (χ1n) is 19.3. The molecule has 0 aliphatic carbocycles. The van der Waals surface area contributed by atoms with Crippen molar-refractivity contribution in [1.29, 1.82) is 0 Å². The third kappa shape index (κ3) is 6.04. The van der Waals surface area contributed by atoms with Crippen LogP contribution in [0.4, 0.5) is 17.1 Å². The number of hydrogen-bond donors (Lipinski definition) is 0. The van der Waals surface area contributed by atoms with Gasteiger partial charge in [0.15, 0.2) is 17.2 Å². The molecule has 0 bridgehead atoms. The first-order valence-corrected chi connectivity index (χ1v) is 17.8. The summed E-state index contributed by atoms with van der Waals surface area (Å²) in [6.07, 6.45) is 4.96. The number of aromatic nitrogens is 4. The minimum atomic E-state index is -2.44. The smallest absolute Gasteiger partial charge is 0.242 e. The maximum Gasteiger partial charge on any atom is 0.242 e. The Labute approximate surface area is 345 Å². The molecule has 0 saturated heterocycles. The number of hydrogen-bond acceptors (Lipinski definition) is 4. The number of para-hydroxylation sites is 7. The van der Waals surface area contributed by atoms with Crippen LogP contribution in [-0.2, 0) is 33.5 Å². The number of rotatable bonds is 3. The number of fused-ring (bicyclic) bond motifs is 7. The summed E-state index contributed by atoms with van der Waals surface area (Å²) in [6.45, 7) is 4.16. The molecule has 0 radical (unpaired) electrons. The number of anilines is 3. The van der Waals surface area contributed by atoms with Crippen LogP contribution in [0.5, 0.6) is 23.0 Å². The van der Waals surface area contributed by atoms with Crippen molar-refractivity contribution in [1.82, 2.24) is 14.1 Å². The van der Waals surface area contributed by atoms with Crippen molar-refractivity contribution in [2.24, 2.45) is 6.98 Å². The molecule has 6 aromatic carbocycles. The van der Waals surface area contributed by atoms with Crippen molar-refractivity contribution in [3.8, 4) is 34.5 Å². The third-order valence-electron chi connectivity index (χ3n) is 9.93. The van der Waals surface area contributed by atoms with E-state index >= 15 is 0 Å². The van der Waals surface area contributed by atoms with E-state index in [1.54, 1.807) is 10.6 Å². The van der Waals surface area contributed by atoms with E-state index in [-0.39, 0.29) is 33.9 Å². The topological polar surface area (TPSA) is 48.3 Å². The van der Waals surface area contributed by atoms with Crippen LogP contribution in [-0.4, -0.2) is 14.1 Å². The number of aryl methyl sites for hydroxylation is 1. The molecule has 3 aromatic heterocycles. The average molecular weight is 916 g/mol. The predicted octanol–water partition coefficient (Wildman–Crippen LogP) is 11.6. The van der Waals surface area contributed by atoms with E-state index in [0.717, 1.165) is 38.9 Å². The van der Waals surface area contributed by atoms with Crippen molar-refractivity contribution in [3.63, 3.8) is 0 Å². The van der Waals surface area contributed by atoms with Crippen molar-refractivity contribution >= 4 is 49.9 Å². The van der Waals surface area contributed by atoms with Gasteiger partial charge >= 0.3 is 0 Å². The molecule has 0 fully saturated rings. The first kappa shape index (κ1) is 33.2. The normalized spacial score (nSPS) is 13.3. The summed E-state index contributed by atoms with van der Waals surface area (Å²) in [6, 6.07) is 50.6. The summed E-state index contributed by atoms with van der Waals surface area (Å²) in [5.41, 5.74) is 6.63. The van der Waals surface area contributed by atoms with Gasteiger partial charge in [-0.15, -0.1) is 18.2 Å². The molecular weight excluding hydrogens is 874 g/mol. The second-order valence-corrected chi connectivity index (χ2v) is 14.4. The molecule has 56 heavy (non-hydrogen) atoms. The van der Waals surface area contributed by atoms with Gasteiger partial charge in [-0.05, 0) is 64.5 Å². The van der Waals surface area contributed by atoms with Gasteiger partial charge in [-0.3, -0.25) is 0 Å². The largest absolute Gasteiger partial charge is 0.511 e. The van der Waals surface area contributed by atoms with Gasteiger partial charge < -0.3 is 28.1 Å². The summed E-state index contributed by atoms with van der Waals surface area (Å²) in [7, 11) is 0. The maximum atomic E-state index is 8.24. The van der Waals surface area contributed by atoms with Gasteiger partial charge in [0.2, 0.25) is 6.33 Å². The maximum absolute atomic E-state index is 8.24. The van der Waals surface area contributed by atoms with Crippen molar-refractivity contribution < 1.29 is 39.2 Å². The van der Waals surface area contributed by atoms with Gasteiger partial charge in [0.25, 0.3) is 0 Å². The Kier molecular flexibility index (Phi) is 8.39. The number of imidazole rings is 1. The molecule has 10 rings (SSSR count). The molecule has 0 saturated carbocycles. The van der Waals surface area contributed by atoms with Crippen LogP contribution in [0, 0.1) is 18.5 Å². The molecule has 1 aliphatic rings. The molecule has 0 atom stereocenters. The average Bonchev–Trinajstić information content (AvgIpc) is 3.77. The molecule has 9 aromatic rings. The van der Waals surface area contributed by atoms with Crippen LogP contribution in [0.3, 0.4) is 0 Å². The first-order chi connectivity index (χ1) is 27.5. The Balaban J connectivity index is 0.00000242. The van der Waals surface area contributed by atoms with E-state index < -0.39 is 6.98 Å². The zero-order valence-corrected chi connectivity index (χ0v) is 32.4. The predicted molar refractivity (Wildman–Crippen MR) is 220 cm³/mol. The fraction of sp³-hybridized carbons (Fsp3) is 0.125. The molecule has 0 unspecified atom stereocenters. The second kappa shape index (κ2) is 14.2. The van der Waals surface area contributed by atoms with Crippen molar-refractivity contribution in [2.75, 3.05) is 4.90 Å². The van der Waals surface area contributed by atoms with E-state index in [4.69, 9.17) is 18.6 Å². The Morgan fingerprint density at radius 1 is 0.679 bits per heavy atom. The van der Waals surface area contributed by atoms with Crippen LogP contribution >= 0.6 is 0 Å². The van der Waals surface area contributed by atoms with Gasteiger partial charge in [0.05, 0.1) is 27.8 Å². The van der Waals surface area contributed by atoms with Gasteiger partial charge in [0, 0.05) is 38.5 Å². The summed E-state index contributed by atoms with van der Waals surface area (Å²) in [5.74, 6) is 3.02. The van der Waals surface area contributed by atoms with Crippen LogP contribution in [0.25, 0.3) is 44.3 Å². The number of pyridine rings is 1. The zero-order valence-electron chi connectivity index (χ0n) is 33.1. The molecule has 0 spiro atoms. The Morgan fingerprint density at radius 2 is 1.36 bits per heavy atom. The number of benzene rings is 6. The van der Waals surface area contributed by atoms with Crippen molar-refractivity contribution in [3.05, 3.63) is 164 Å². The SMILES string of the molecule is C.[2H]C([2H])([2H])[n+]1[c-]n(-c2[c-]c(N3c4[c-]c5c(cc4Oc4ccccc4Oc4ccccc43)c3ccccc3n5-c3cc(C(C)(C)C)ccn3)ccc2)c2ccccc21.[Pt]. The van der Waals surface area contributed by atoms with E-state index in [1.165, 1.54) is 4.57 Å². The van der Waals surface area contributed by atoms with Gasteiger partial charge in [-0.1, -0.05) is 117 Å². The molecule has 4 heterocycles. The van der Waals surface area contributed by atoms with E-state index in [0.29, 0.717) is 51.1 Å². The van der Waals surface area contributed by atoms with E-state index in [2.05, 4.69) is 74.1 Å². The molecule has 8 heteroatoms. The summed E-state index contributed by atoms with van der Waals surface area (Å²) in [5, 5.41) is 1.97. The summed E-state index contributed by atoms with van der Waals surface area (Å²) in [4.78, 5) is 6.94. The Hall–Kier alpha value is -6.17. The van der Waals surface area contributed by atoms with Gasteiger partial charge in [0.1, 0.15) is 5.82 Å². The van der Waals surface area contributed by atoms with Crippen LogP contribution in [0.2, 0.25) is 0 Å². The second-order valence-electron chi connectivity index (χ2n) is 14.4. The van der Waals surface area contributed by atoms with E-state index in [9.17, 15) is 0 Å². The van der Waals surface area contributed by atoms with E-state index in [1.807, 2.05) is 108 Å². The summed E-state index contributed by atoms with van der Waals surface area (Å²) >= 11 is 0. The molecule has 1 aliphatic heterocycles. The fourth-order valence-electron chi connectivity index (χ4n) is 7.29. The van der Waals surface area contributed by atoms with Crippen molar-refractivity contribution in [2.45, 2.75) is 33.6 Å². The van der Waals surface area contributed by atoms with Crippen LogP contribution in [0.15, 0.2) is 140 Å². The molecule has 7 nitrogen and oxygen atoms in total.